The molecule has 1 fully saturated rings. The van der Waals surface area contributed by atoms with Gasteiger partial charge in [0.2, 0.25) is 0 Å². The average molecular weight is 239 g/mol. The maximum Gasteiger partial charge on any atom is 0.129 e. The molecular weight excluding hydrogens is 220 g/mol. The van der Waals surface area contributed by atoms with E-state index >= 15 is 0 Å². The highest BCUT2D eigenvalue weighted by Gasteiger charge is 2.16. The molecule has 0 spiro atoms. The Morgan fingerprint density at radius 2 is 2.31 bits per heavy atom. The first-order chi connectivity index (χ1) is 7.75. The van der Waals surface area contributed by atoms with Gasteiger partial charge in [0.25, 0.3) is 0 Å². The van der Waals surface area contributed by atoms with Crippen LogP contribution in [0.2, 0.25) is 5.15 Å². The Bertz CT molecular complexity index is 340. The zero-order chi connectivity index (χ0) is 11.4. The van der Waals surface area contributed by atoms with Crippen LogP contribution in [0.1, 0.15) is 38.2 Å². The molecular formula is C13H19ClN2. The second-order valence-corrected chi connectivity index (χ2v) is 5.04. The van der Waals surface area contributed by atoms with Gasteiger partial charge in [0.05, 0.1) is 0 Å². The summed E-state index contributed by atoms with van der Waals surface area (Å²) < 4.78 is 0. The Balaban J connectivity index is 2.02. The summed E-state index contributed by atoms with van der Waals surface area (Å²) in [5, 5.41) is 0.597. The van der Waals surface area contributed by atoms with Crippen molar-refractivity contribution in [2.45, 2.75) is 45.2 Å². The normalized spacial score (nSPS) is 23.0. The number of hydrogen-bond donors (Lipinski definition) is 0. The lowest BCUT2D eigenvalue weighted by molar-refractivity contribution is 0.205. The van der Waals surface area contributed by atoms with Gasteiger partial charge in [-0.05, 0) is 44.0 Å². The first-order valence-electron chi connectivity index (χ1n) is 6.10. The molecule has 0 N–H and O–H groups in total. The van der Waals surface area contributed by atoms with E-state index < -0.39 is 0 Å². The summed E-state index contributed by atoms with van der Waals surface area (Å²) in [7, 11) is 0. The van der Waals surface area contributed by atoms with Crippen molar-refractivity contribution in [2.75, 3.05) is 6.54 Å². The second kappa shape index (κ2) is 5.65. The summed E-state index contributed by atoms with van der Waals surface area (Å²) >= 11 is 5.90. The molecule has 1 aromatic heterocycles. The van der Waals surface area contributed by atoms with Gasteiger partial charge < -0.3 is 0 Å². The highest BCUT2D eigenvalue weighted by atomic mass is 35.5. The van der Waals surface area contributed by atoms with Crippen molar-refractivity contribution in [2.24, 2.45) is 0 Å². The van der Waals surface area contributed by atoms with Crippen LogP contribution in [-0.4, -0.2) is 22.5 Å². The van der Waals surface area contributed by atoms with Crippen LogP contribution in [0.25, 0.3) is 0 Å². The molecule has 1 atom stereocenters. The maximum atomic E-state index is 5.90. The summed E-state index contributed by atoms with van der Waals surface area (Å²) in [5.74, 6) is 0. The van der Waals surface area contributed by atoms with Crippen LogP contribution in [-0.2, 0) is 6.54 Å². The van der Waals surface area contributed by atoms with Crippen LogP contribution in [0, 0.1) is 0 Å². The topological polar surface area (TPSA) is 16.1 Å². The average Bonchev–Trinajstić information content (AvgIpc) is 2.45. The van der Waals surface area contributed by atoms with Gasteiger partial charge in [-0.25, -0.2) is 4.98 Å². The van der Waals surface area contributed by atoms with Crippen molar-refractivity contribution >= 4 is 11.6 Å². The van der Waals surface area contributed by atoms with Crippen molar-refractivity contribution < 1.29 is 0 Å². The zero-order valence-corrected chi connectivity index (χ0v) is 10.6. The Morgan fingerprint density at radius 1 is 1.44 bits per heavy atom. The molecule has 2 heterocycles. The predicted octanol–water partition coefficient (Wildman–Crippen LogP) is 3.50. The molecule has 2 rings (SSSR count). The van der Waals surface area contributed by atoms with Crippen molar-refractivity contribution in [3.63, 3.8) is 0 Å². The van der Waals surface area contributed by atoms with E-state index in [-0.39, 0.29) is 0 Å². The van der Waals surface area contributed by atoms with Gasteiger partial charge in [-0.3, -0.25) is 4.90 Å². The summed E-state index contributed by atoms with van der Waals surface area (Å²) in [6.45, 7) is 4.54. The van der Waals surface area contributed by atoms with Crippen molar-refractivity contribution in [1.82, 2.24) is 9.88 Å². The highest BCUT2D eigenvalue weighted by molar-refractivity contribution is 6.29. The molecule has 1 aliphatic rings. The van der Waals surface area contributed by atoms with Crippen LogP contribution in [0.3, 0.4) is 0 Å². The maximum absolute atomic E-state index is 5.90. The van der Waals surface area contributed by atoms with Gasteiger partial charge in [-0.15, -0.1) is 0 Å². The largest absolute Gasteiger partial charge is 0.296 e. The quantitative estimate of drug-likeness (QED) is 0.734. The molecule has 0 aliphatic carbocycles. The van der Waals surface area contributed by atoms with Crippen molar-refractivity contribution in [3.8, 4) is 0 Å². The minimum absolute atomic E-state index is 0.597. The minimum atomic E-state index is 0.597. The van der Waals surface area contributed by atoms with E-state index in [9.17, 15) is 0 Å². The van der Waals surface area contributed by atoms with Crippen molar-refractivity contribution in [1.29, 1.82) is 0 Å². The van der Waals surface area contributed by atoms with Crippen LogP contribution in [0.5, 0.6) is 0 Å². The summed E-state index contributed by atoms with van der Waals surface area (Å²) in [6.07, 6.45) is 7.18. The van der Waals surface area contributed by atoms with Crippen LogP contribution >= 0.6 is 11.6 Å². The smallest absolute Gasteiger partial charge is 0.129 e. The first-order valence-corrected chi connectivity index (χ1v) is 6.48. The molecule has 0 radical (unpaired) electrons. The summed E-state index contributed by atoms with van der Waals surface area (Å²) in [4.78, 5) is 6.57. The first kappa shape index (κ1) is 11.9. The monoisotopic (exact) mass is 238 g/mol. The van der Waals surface area contributed by atoms with E-state index in [0.29, 0.717) is 11.2 Å². The van der Waals surface area contributed by atoms with Crippen molar-refractivity contribution in [3.05, 3.63) is 29.0 Å². The molecule has 1 saturated heterocycles. The van der Waals surface area contributed by atoms with Gasteiger partial charge in [0.1, 0.15) is 5.15 Å². The third-order valence-electron chi connectivity index (χ3n) is 3.37. The summed E-state index contributed by atoms with van der Waals surface area (Å²) in [5.41, 5.74) is 1.27. The number of likely N-dealkylation sites (tertiary alicyclic amines) is 1. The van der Waals surface area contributed by atoms with Crippen LogP contribution in [0.15, 0.2) is 18.3 Å². The van der Waals surface area contributed by atoms with E-state index in [4.69, 9.17) is 11.6 Å². The van der Waals surface area contributed by atoms with Gasteiger partial charge in [-0.1, -0.05) is 24.4 Å². The Labute approximate surface area is 103 Å². The van der Waals surface area contributed by atoms with Gasteiger partial charge in [0.15, 0.2) is 0 Å². The fourth-order valence-corrected chi connectivity index (χ4v) is 2.54. The molecule has 0 bridgehead atoms. The molecule has 2 nitrogen and oxygen atoms in total. The van der Waals surface area contributed by atoms with E-state index in [1.165, 1.54) is 37.8 Å². The molecule has 0 aromatic carbocycles. The van der Waals surface area contributed by atoms with Crippen LogP contribution in [0.4, 0.5) is 0 Å². The number of halogens is 1. The van der Waals surface area contributed by atoms with Gasteiger partial charge in [0, 0.05) is 18.8 Å². The van der Waals surface area contributed by atoms with E-state index in [1.54, 1.807) is 6.20 Å². The third kappa shape index (κ3) is 3.19. The van der Waals surface area contributed by atoms with E-state index in [1.807, 2.05) is 6.07 Å². The number of hydrogen-bond acceptors (Lipinski definition) is 2. The van der Waals surface area contributed by atoms with E-state index in [0.717, 1.165) is 6.54 Å². The molecule has 1 unspecified atom stereocenters. The lowest BCUT2D eigenvalue weighted by Gasteiger charge is -2.26. The fourth-order valence-electron chi connectivity index (χ4n) is 2.34. The minimum Gasteiger partial charge on any atom is -0.296 e. The molecule has 3 heteroatoms. The summed E-state index contributed by atoms with van der Waals surface area (Å²) in [6, 6.07) is 4.72. The Hall–Kier alpha value is -0.600. The van der Waals surface area contributed by atoms with Gasteiger partial charge >= 0.3 is 0 Å². The molecule has 1 aromatic rings. The SMILES string of the molecule is CC1CCCCCN1Cc1ccnc(Cl)c1. The molecule has 0 amide bonds. The highest BCUT2D eigenvalue weighted by Crippen LogP contribution is 2.19. The lowest BCUT2D eigenvalue weighted by Crippen LogP contribution is -2.31. The molecule has 16 heavy (non-hydrogen) atoms. The zero-order valence-electron chi connectivity index (χ0n) is 9.82. The molecule has 0 saturated carbocycles. The molecule has 88 valence electrons. The fraction of sp³-hybridized carbons (Fsp3) is 0.615. The second-order valence-electron chi connectivity index (χ2n) is 4.66. The number of pyridine rings is 1. The number of rotatable bonds is 2. The lowest BCUT2D eigenvalue weighted by atomic mass is 10.1. The van der Waals surface area contributed by atoms with Gasteiger partial charge in [-0.2, -0.15) is 0 Å². The molecule has 1 aliphatic heterocycles. The third-order valence-corrected chi connectivity index (χ3v) is 3.57. The number of nitrogens with zero attached hydrogens (tertiary/aromatic N) is 2. The van der Waals surface area contributed by atoms with Crippen LogP contribution < -0.4 is 0 Å². The Kier molecular flexibility index (Phi) is 4.19. The predicted molar refractivity (Wildman–Crippen MR) is 67.6 cm³/mol. The number of aromatic nitrogens is 1. The van der Waals surface area contributed by atoms with E-state index in [2.05, 4.69) is 22.9 Å². The standard InChI is InChI=1S/C13H19ClN2/c1-11-5-3-2-4-8-16(11)10-12-6-7-15-13(14)9-12/h6-7,9,11H,2-5,8,10H2,1H3. The Morgan fingerprint density at radius 3 is 3.12 bits per heavy atom.